The van der Waals surface area contributed by atoms with Crippen LogP contribution in [0.15, 0.2) is 42.5 Å². The van der Waals surface area contributed by atoms with Crippen molar-refractivity contribution in [2.24, 2.45) is 11.7 Å². The fraction of sp³-hybridized carbons (Fsp3) is 0.450. The van der Waals surface area contributed by atoms with E-state index >= 15 is 0 Å². The smallest absolute Gasteiger partial charge is 0.456 e. The van der Waals surface area contributed by atoms with Gasteiger partial charge in [0.05, 0.1) is 0 Å². The number of alkyl halides is 5. The van der Waals surface area contributed by atoms with Crippen LogP contribution in [-0.2, 0) is 9.53 Å². The van der Waals surface area contributed by atoms with Crippen LogP contribution in [0, 0.1) is 5.92 Å². The topological polar surface area (TPSA) is 72.5 Å². The van der Waals surface area contributed by atoms with Gasteiger partial charge in [-0.15, -0.1) is 0 Å². The molecular weight excluding hydrogens is 433 g/mol. The summed E-state index contributed by atoms with van der Waals surface area (Å²) >= 11 is 5.98. The molecule has 166 valence electrons. The Morgan fingerprint density at radius 2 is 2.00 bits per heavy atom. The van der Waals surface area contributed by atoms with Crippen LogP contribution in [-0.4, -0.2) is 41.9 Å². The largest absolute Gasteiger partial charge is 0.457 e. The summed E-state index contributed by atoms with van der Waals surface area (Å²) < 4.78 is 65.7. The lowest BCUT2D eigenvalue weighted by Crippen LogP contribution is -2.43. The number of hydrogen-bond acceptors (Lipinski definition) is 4. The summed E-state index contributed by atoms with van der Waals surface area (Å²) in [6.07, 6.45) is -1.24. The van der Waals surface area contributed by atoms with Crippen LogP contribution in [0.5, 0.6) is 0 Å². The van der Waals surface area contributed by atoms with Gasteiger partial charge in [0.25, 0.3) is 0 Å². The number of carbonyl (C=O) groups excluding carboxylic acids is 1. The van der Waals surface area contributed by atoms with Crippen molar-refractivity contribution in [3.63, 3.8) is 0 Å². The second-order valence-electron chi connectivity index (χ2n) is 7.08. The molecule has 0 radical (unpaired) electrons. The zero-order chi connectivity index (χ0) is 22.5. The van der Waals surface area contributed by atoms with E-state index in [0.29, 0.717) is 17.9 Å². The summed E-state index contributed by atoms with van der Waals surface area (Å²) in [7, 11) is 0. The number of hydrogen-bond donors (Lipinski definition) is 2. The highest BCUT2D eigenvalue weighted by molar-refractivity contribution is 6.30. The Hall–Kier alpha value is -1.97. The van der Waals surface area contributed by atoms with Crippen molar-refractivity contribution < 1.29 is 36.6 Å². The van der Waals surface area contributed by atoms with Crippen molar-refractivity contribution in [3.8, 4) is 0 Å². The van der Waals surface area contributed by atoms with E-state index in [-0.39, 0.29) is 12.3 Å². The molecule has 30 heavy (non-hydrogen) atoms. The highest BCUT2D eigenvalue weighted by atomic mass is 35.5. The van der Waals surface area contributed by atoms with Crippen molar-refractivity contribution in [3.05, 3.63) is 53.1 Å². The van der Waals surface area contributed by atoms with Gasteiger partial charge in [-0.3, -0.25) is 0 Å². The number of benzene rings is 1. The molecule has 0 spiro atoms. The number of rotatable bonds is 8. The van der Waals surface area contributed by atoms with E-state index in [0.717, 1.165) is 11.1 Å². The molecule has 1 aromatic carbocycles. The van der Waals surface area contributed by atoms with E-state index in [4.69, 9.17) is 17.3 Å². The molecule has 0 aliphatic heterocycles. The maximum absolute atomic E-state index is 12.8. The second-order valence-corrected chi connectivity index (χ2v) is 7.52. The summed E-state index contributed by atoms with van der Waals surface area (Å²) in [5, 5.41) is 10.3. The number of allylic oxidation sites excluding steroid dienone is 4. The summed E-state index contributed by atoms with van der Waals surface area (Å²) in [6.45, 7) is -2.19. The van der Waals surface area contributed by atoms with Gasteiger partial charge in [-0.2, -0.15) is 22.0 Å². The van der Waals surface area contributed by atoms with Crippen LogP contribution in [0.3, 0.4) is 0 Å². The zero-order valence-corrected chi connectivity index (χ0v) is 16.5. The van der Waals surface area contributed by atoms with Crippen molar-refractivity contribution in [2.45, 2.75) is 43.5 Å². The van der Waals surface area contributed by atoms with E-state index in [9.17, 15) is 31.9 Å². The molecule has 1 aliphatic rings. The van der Waals surface area contributed by atoms with E-state index in [1.807, 2.05) is 36.4 Å². The lowest BCUT2D eigenvalue weighted by atomic mass is 9.88. The molecule has 2 rings (SSSR count). The molecular formula is C20H21ClF5NO3. The Morgan fingerprint density at radius 1 is 1.30 bits per heavy atom. The lowest BCUT2D eigenvalue weighted by Gasteiger charge is -2.23. The van der Waals surface area contributed by atoms with Crippen LogP contribution in [0.4, 0.5) is 22.0 Å². The Labute approximate surface area is 175 Å². The molecule has 0 heterocycles. The van der Waals surface area contributed by atoms with Crippen LogP contribution >= 0.6 is 11.6 Å². The third kappa shape index (κ3) is 6.78. The van der Waals surface area contributed by atoms with E-state index in [2.05, 4.69) is 4.74 Å². The van der Waals surface area contributed by atoms with Crippen molar-refractivity contribution >= 4 is 23.1 Å². The first-order chi connectivity index (χ1) is 13.9. The van der Waals surface area contributed by atoms with E-state index < -0.39 is 36.8 Å². The molecule has 3 N–H and O–H groups in total. The Bertz CT molecular complexity index is 810. The van der Waals surface area contributed by atoms with Gasteiger partial charge in [-0.05, 0) is 48.4 Å². The molecule has 3 atom stereocenters. The van der Waals surface area contributed by atoms with Gasteiger partial charge in [0.2, 0.25) is 0 Å². The summed E-state index contributed by atoms with van der Waals surface area (Å²) in [5.74, 6) is -6.75. The predicted octanol–water partition coefficient (Wildman–Crippen LogP) is 4.51. The normalized spacial score (nSPS) is 19.2. The van der Waals surface area contributed by atoms with Crippen molar-refractivity contribution in [1.82, 2.24) is 0 Å². The zero-order valence-electron chi connectivity index (χ0n) is 15.7. The average molecular weight is 454 g/mol. The van der Waals surface area contributed by atoms with Crippen LogP contribution in [0.25, 0.3) is 5.57 Å². The van der Waals surface area contributed by atoms with Crippen molar-refractivity contribution in [1.29, 1.82) is 0 Å². The number of carbonyl (C=O) groups is 1. The number of esters is 1. The first kappa shape index (κ1) is 24.3. The minimum absolute atomic E-state index is 0.0146. The van der Waals surface area contributed by atoms with Gasteiger partial charge in [0.15, 0.2) is 12.7 Å². The lowest BCUT2D eigenvalue weighted by molar-refractivity contribution is -0.294. The molecule has 0 saturated carbocycles. The third-order valence-electron chi connectivity index (χ3n) is 4.56. The summed E-state index contributed by atoms with van der Waals surface area (Å²) in [6, 6.07) is 6.65. The Balaban J connectivity index is 1.80. The summed E-state index contributed by atoms with van der Waals surface area (Å²) in [5.41, 5.74) is 7.83. The molecule has 0 bridgehead atoms. The van der Waals surface area contributed by atoms with Crippen LogP contribution in [0.2, 0.25) is 5.02 Å². The fourth-order valence-corrected chi connectivity index (χ4v) is 3.12. The number of nitrogens with two attached hydrogens (primary N) is 1. The van der Waals surface area contributed by atoms with Crippen molar-refractivity contribution in [2.75, 3.05) is 6.61 Å². The molecule has 1 unspecified atom stereocenters. The fourth-order valence-electron chi connectivity index (χ4n) is 2.93. The predicted molar refractivity (Wildman–Crippen MR) is 102 cm³/mol. The quantitative estimate of drug-likeness (QED) is 0.449. The monoisotopic (exact) mass is 453 g/mol. The van der Waals surface area contributed by atoms with E-state index in [1.54, 1.807) is 6.07 Å². The first-order valence-corrected chi connectivity index (χ1v) is 9.46. The number of halogens is 6. The van der Waals surface area contributed by atoms with Gasteiger partial charge in [0.1, 0.15) is 0 Å². The third-order valence-corrected chi connectivity index (χ3v) is 4.80. The molecule has 0 saturated heterocycles. The first-order valence-electron chi connectivity index (χ1n) is 9.08. The maximum Gasteiger partial charge on any atom is 0.456 e. The minimum atomic E-state index is -5.85. The van der Waals surface area contributed by atoms with Gasteiger partial charge in [-0.25, -0.2) is 4.79 Å². The highest BCUT2D eigenvalue weighted by Gasteiger charge is 2.58. The second kappa shape index (κ2) is 9.89. The molecule has 10 heteroatoms. The molecule has 0 amide bonds. The Kier molecular flexibility index (Phi) is 8.01. The van der Waals surface area contributed by atoms with Gasteiger partial charge in [0, 0.05) is 11.1 Å². The molecule has 0 aromatic heterocycles. The van der Waals surface area contributed by atoms with Crippen LogP contribution in [0.1, 0.15) is 24.8 Å². The maximum atomic E-state index is 12.8. The standard InChI is InChI=1S/C20H21ClF5NO3/c21-15-3-1-2-14(9-15)13-6-4-12(5-7-13)8-16(27)10-17(28)18(29)30-11-19(22,23)20(24,25)26/h1-4,6-7,9,12,16-17,28H,5,8,10-11,27H2/t12?,16-,17-/m1/s1. The van der Waals surface area contributed by atoms with E-state index in [1.165, 1.54) is 0 Å². The number of ether oxygens (including phenoxy) is 1. The highest BCUT2D eigenvalue weighted by Crippen LogP contribution is 2.35. The number of aliphatic hydroxyl groups is 1. The molecule has 1 aromatic rings. The van der Waals surface area contributed by atoms with Gasteiger partial charge >= 0.3 is 18.1 Å². The minimum Gasteiger partial charge on any atom is -0.457 e. The SMILES string of the molecule is N[C@H](CC1C=CC(c2cccc(Cl)c2)=CC1)C[C@@H](O)C(=O)OCC(F)(F)C(F)(F)F. The number of aliphatic hydroxyl groups excluding tert-OH is 1. The van der Waals surface area contributed by atoms with Crippen LogP contribution < -0.4 is 5.73 Å². The average Bonchev–Trinajstić information content (AvgIpc) is 2.65. The molecule has 4 nitrogen and oxygen atoms in total. The van der Waals surface area contributed by atoms with Gasteiger partial charge < -0.3 is 15.6 Å². The molecule has 1 aliphatic carbocycles. The Morgan fingerprint density at radius 3 is 2.57 bits per heavy atom. The molecule has 0 fully saturated rings. The van der Waals surface area contributed by atoms with Gasteiger partial charge in [-0.1, -0.05) is 42.0 Å². The summed E-state index contributed by atoms with van der Waals surface area (Å²) in [4.78, 5) is 11.5.